The van der Waals surface area contributed by atoms with E-state index in [-0.39, 0.29) is 6.10 Å². The van der Waals surface area contributed by atoms with Crippen LogP contribution in [0.4, 0.5) is 0 Å². The van der Waals surface area contributed by atoms with Gasteiger partial charge < -0.3 is 9.84 Å². The second-order valence-electron chi connectivity index (χ2n) is 5.33. The maximum atomic E-state index is 10.3. The van der Waals surface area contributed by atoms with Gasteiger partial charge in [-0.3, -0.25) is 4.98 Å². The van der Waals surface area contributed by atoms with E-state index in [0.717, 1.165) is 11.1 Å². The van der Waals surface area contributed by atoms with Gasteiger partial charge in [0.2, 0.25) is 0 Å². The van der Waals surface area contributed by atoms with Crippen molar-refractivity contribution in [1.29, 1.82) is 0 Å². The average Bonchev–Trinajstić information content (AvgIpc) is 2.41. The van der Waals surface area contributed by atoms with Crippen LogP contribution in [0.15, 0.2) is 42.7 Å². The van der Waals surface area contributed by atoms with Gasteiger partial charge in [-0.05, 0) is 32.4 Å². The molecule has 0 radical (unpaired) electrons. The predicted octanol–water partition coefficient (Wildman–Crippen LogP) is 3.45. The highest BCUT2D eigenvalue weighted by atomic mass is 16.5. The minimum atomic E-state index is -0.569. The molecule has 0 fully saturated rings. The van der Waals surface area contributed by atoms with Gasteiger partial charge in [0.15, 0.2) is 0 Å². The van der Waals surface area contributed by atoms with Crippen LogP contribution in [0.1, 0.15) is 36.6 Å². The number of aromatic nitrogens is 1. The molecule has 2 rings (SSSR count). The summed E-state index contributed by atoms with van der Waals surface area (Å²) in [7, 11) is 0. The number of rotatable bonds is 5. The normalized spacial score (nSPS) is 12.4. The standard InChI is InChI=1S/C17H21NO2/c1-12(2)20-16-9-15(10-18-11-16)17(19)8-14-6-4-13(3)5-7-14/h4-7,9-12,17,19H,8H2,1-3H3. The first-order valence-electron chi connectivity index (χ1n) is 6.90. The fourth-order valence-electron chi connectivity index (χ4n) is 2.02. The fraction of sp³-hybridized carbons (Fsp3) is 0.353. The molecule has 2 aromatic rings. The van der Waals surface area contributed by atoms with E-state index in [0.29, 0.717) is 12.2 Å². The average molecular weight is 271 g/mol. The molecule has 106 valence electrons. The van der Waals surface area contributed by atoms with E-state index in [2.05, 4.69) is 24.0 Å². The van der Waals surface area contributed by atoms with E-state index < -0.39 is 6.10 Å². The Morgan fingerprint density at radius 1 is 1.15 bits per heavy atom. The Balaban J connectivity index is 2.08. The third-order valence-electron chi connectivity index (χ3n) is 3.04. The molecule has 0 saturated carbocycles. The van der Waals surface area contributed by atoms with Gasteiger partial charge >= 0.3 is 0 Å². The molecule has 1 heterocycles. The first-order valence-corrected chi connectivity index (χ1v) is 6.90. The van der Waals surface area contributed by atoms with Crippen molar-refractivity contribution in [3.63, 3.8) is 0 Å². The molecular weight excluding hydrogens is 250 g/mol. The summed E-state index contributed by atoms with van der Waals surface area (Å²) in [4.78, 5) is 4.13. The lowest BCUT2D eigenvalue weighted by molar-refractivity contribution is 0.176. The Bertz CT molecular complexity index is 549. The van der Waals surface area contributed by atoms with E-state index in [4.69, 9.17) is 4.74 Å². The van der Waals surface area contributed by atoms with Gasteiger partial charge in [-0.2, -0.15) is 0 Å². The molecule has 1 aromatic heterocycles. The lowest BCUT2D eigenvalue weighted by Gasteiger charge is -2.14. The van der Waals surface area contributed by atoms with Crippen LogP contribution in [0.2, 0.25) is 0 Å². The highest BCUT2D eigenvalue weighted by Crippen LogP contribution is 2.22. The number of aliphatic hydroxyl groups is 1. The Morgan fingerprint density at radius 3 is 2.50 bits per heavy atom. The number of benzene rings is 1. The zero-order chi connectivity index (χ0) is 14.5. The number of aliphatic hydroxyl groups excluding tert-OH is 1. The molecule has 0 aliphatic rings. The number of nitrogens with zero attached hydrogens (tertiary/aromatic N) is 1. The summed E-state index contributed by atoms with van der Waals surface area (Å²) < 4.78 is 5.60. The minimum absolute atomic E-state index is 0.0984. The molecule has 1 aromatic carbocycles. The Kier molecular flexibility index (Phi) is 4.74. The van der Waals surface area contributed by atoms with E-state index >= 15 is 0 Å². The van der Waals surface area contributed by atoms with Crippen LogP contribution in [-0.2, 0) is 6.42 Å². The molecule has 0 aliphatic heterocycles. The van der Waals surface area contributed by atoms with Gasteiger partial charge in [-0.1, -0.05) is 29.8 Å². The fourth-order valence-corrected chi connectivity index (χ4v) is 2.02. The molecule has 3 heteroatoms. The molecular formula is C17H21NO2. The van der Waals surface area contributed by atoms with Crippen molar-refractivity contribution >= 4 is 0 Å². The van der Waals surface area contributed by atoms with Gasteiger partial charge in [0.25, 0.3) is 0 Å². The smallest absolute Gasteiger partial charge is 0.138 e. The highest BCUT2D eigenvalue weighted by molar-refractivity contribution is 5.28. The summed E-state index contributed by atoms with van der Waals surface area (Å²) in [6.45, 7) is 5.99. The van der Waals surface area contributed by atoms with Crippen LogP contribution >= 0.6 is 0 Å². The topological polar surface area (TPSA) is 42.4 Å². The Hall–Kier alpha value is -1.87. The summed E-state index contributed by atoms with van der Waals surface area (Å²) in [5, 5.41) is 10.3. The first-order chi connectivity index (χ1) is 9.54. The Morgan fingerprint density at radius 2 is 1.85 bits per heavy atom. The van der Waals surface area contributed by atoms with E-state index in [9.17, 15) is 5.11 Å². The largest absolute Gasteiger partial charge is 0.489 e. The number of ether oxygens (including phenoxy) is 1. The van der Waals surface area contributed by atoms with Crippen molar-refractivity contribution in [3.05, 3.63) is 59.4 Å². The first kappa shape index (κ1) is 14.5. The third-order valence-corrected chi connectivity index (χ3v) is 3.04. The maximum absolute atomic E-state index is 10.3. The van der Waals surface area contributed by atoms with Crippen molar-refractivity contribution in [2.45, 2.75) is 39.4 Å². The second kappa shape index (κ2) is 6.53. The number of hydrogen-bond donors (Lipinski definition) is 1. The van der Waals surface area contributed by atoms with Gasteiger partial charge in [0.1, 0.15) is 5.75 Å². The van der Waals surface area contributed by atoms with E-state index in [1.165, 1.54) is 5.56 Å². The summed E-state index contributed by atoms with van der Waals surface area (Å²) in [6, 6.07) is 10.0. The van der Waals surface area contributed by atoms with Gasteiger partial charge in [-0.15, -0.1) is 0 Å². The van der Waals surface area contributed by atoms with Crippen LogP contribution in [0.3, 0.4) is 0 Å². The molecule has 3 nitrogen and oxygen atoms in total. The van der Waals surface area contributed by atoms with Gasteiger partial charge in [0.05, 0.1) is 18.4 Å². The van der Waals surface area contributed by atoms with Crippen LogP contribution in [0.5, 0.6) is 5.75 Å². The third kappa shape index (κ3) is 4.07. The summed E-state index contributed by atoms with van der Waals surface area (Å²) in [6.07, 6.45) is 3.46. The molecule has 20 heavy (non-hydrogen) atoms. The zero-order valence-electron chi connectivity index (χ0n) is 12.2. The number of hydrogen-bond acceptors (Lipinski definition) is 3. The summed E-state index contributed by atoms with van der Waals surface area (Å²) >= 11 is 0. The molecule has 0 aliphatic carbocycles. The van der Waals surface area contributed by atoms with Crippen LogP contribution in [0.25, 0.3) is 0 Å². The lowest BCUT2D eigenvalue weighted by Crippen LogP contribution is -2.07. The summed E-state index contributed by atoms with van der Waals surface area (Å²) in [5.74, 6) is 0.695. The van der Waals surface area contributed by atoms with Gasteiger partial charge in [-0.25, -0.2) is 0 Å². The highest BCUT2D eigenvalue weighted by Gasteiger charge is 2.10. The van der Waals surface area contributed by atoms with E-state index in [1.54, 1.807) is 12.4 Å². The predicted molar refractivity (Wildman–Crippen MR) is 79.8 cm³/mol. The van der Waals surface area contributed by atoms with E-state index in [1.807, 2.05) is 32.0 Å². The van der Waals surface area contributed by atoms with Crippen LogP contribution < -0.4 is 4.74 Å². The minimum Gasteiger partial charge on any atom is -0.489 e. The molecule has 1 N–H and O–H groups in total. The Labute approximate surface area is 120 Å². The molecule has 0 saturated heterocycles. The molecule has 0 amide bonds. The molecule has 1 atom stereocenters. The van der Waals surface area contributed by atoms with Crippen molar-refractivity contribution in [1.82, 2.24) is 4.98 Å². The van der Waals surface area contributed by atoms with Crippen molar-refractivity contribution < 1.29 is 9.84 Å². The zero-order valence-corrected chi connectivity index (χ0v) is 12.2. The maximum Gasteiger partial charge on any atom is 0.138 e. The van der Waals surface area contributed by atoms with Crippen molar-refractivity contribution in [3.8, 4) is 5.75 Å². The van der Waals surface area contributed by atoms with Crippen LogP contribution in [-0.4, -0.2) is 16.2 Å². The number of pyridine rings is 1. The second-order valence-corrected chi connectivity index (χ2v) is 5.33. The SMILES string of the molecule is Cc1ccc(CC(O)c2cncc(OC(C)C)c2)cc1. The van der Waals surface area contributed by atoms with Crippen molar-refractivity contribution in [2.24, 2.45) is 0 Å². The summed E-state index contributed by atoms with van der Waals surface area (Å²) in [5.41, 5.74) is 3.11. The quantitative estimate of drug-likeness (QED) is 0.905. The molecule has 1 unspecified atom stereocenters. The van der Waals surface area contributed by atoms with Gasteiger partial charge in [0, 0.05) is 18.2 Å². The number of aryl methyl sites for hydroxylation is 1. The molecule has 0 spiro atoms. The molecule has 0 bridgehead atoms. The van der Waals surface area contributed by atoms with Crippen molar-refractivity contribution in [2.75, 3.05) is 0 Å². The lowest BCUT2D eigenvalue weighted by atomic mass is 10.0. The van der Waals surface area contributed by atoms with Crippen LogP contribution in [0, 0.1) is 6.92 Å². The monoisotopic (exact) mass is 271 g/mol.